The van der Waals surface area contributed by atoms with Crippen molar-refractivity contribution in [1.82, 2.24) is 5.48 Å². The van der Waals surface area contributed by atoms with Crippen molar-refractivity contribution in [2.45, 2.75) is 12.5 Å². The smallest absolute Gasteiger partial charge is 0.225 e. The van der Waals surface area contributed by atoms with Crippen LogP contribution in [-0.4, -0.2) is 0 Å². The van der Waals surface area contributed by atoms with Gasteiger partial charge in [0.25, 0.3) is 0 Å². The van der Waals surface area contributed by atoms with Gasteiger partial charge in [-0.1, -0.05) is 30.3 Å². The molecule has 1 unspecified atom stereocenters. The van der Waals surface area contributed by atoms with Crippen molar-refractivity contribution in [1.29, 1.82) is 5.26 Å². The van der Waals surface area contributed by atoms with Gasteiger partial charge >= 0.3 is 0 Å². The maximum absolute atomic E-state index is 9.03. The Labute approximate surface area is 87.9 Å². The predicted octanol–water partition coefficient (Wildman–Crippen LogP) is 1.13. The highest BCUT2D eigenvalue weighted by atomic mass is 16.7. The van der Waals surface area contributed by atoms with E-state index >= 15 is 0 Å². The molecule has 0 radical (unpaired) electrons. The fourth-order valence-electron chi connectivity index (χ4n) is 1.65. The van der Waals surface area contributed by atoms with Crippen LogP contribution in [0.4, 0.5) is 0 Å². The SMILES string of the molecule is CC1(c2ccccc2)NOC(N)=C1C#N. The number of benzene rings is 1. The molecule has 3 N–H and O–H groups in total. The molecule has 1 aromatic carbocycles. The Morgan fingerprint density at radius 1 is 1.40 bits per heavy atom. The number of nitrogens with zero attached hydrogens (tertiary/aromatic N) is 1. The van der Waals surface area contributed by atoms with Gasteiger partial charge in [-0.3, -0.25) is 0 Å². The summed E-state index contributed by atoms with van der Waals surface area (Å²) in [6, 6.07) is 11.7. The summed E-state index contributed by atoms with van der Waals surface area (Å²) in [5.41, 5.74) is 9.06. The summed E-state index contributed by atoms with van der Waals surface area (Å²) >= 11 is 0. The molecule has 15 heavy (non-hydrogen) atoms. The van der Waals surface area contributed by atoms with Crippen LogP contribution in [0.5, 0.6) is 0 Å². The molecule has 2 rings (SSSR count). The maximum Gasteiger partial charge on any atom is 0.225 e. The van der Waals surface area contributed by atoms with Gasteiger partial charge < -0.3 is 10.6 Å². The summed E-state index contributed by atoms with van der Waals surface area (Å²) in [6.45, 7) is 1.86. The Morgan fingerprint density at radius 3 is 2.67 bits per heavy atom. The molecule has 1 aliphatic rings. The van der Waals surface area contributed by atoms with Crippen LogP contribution in [0, 0.1) is 11.3 Å². The quantitative estimate of drug-likeness (QED) is 0.714. The minimum Gasteiger partial charge on any atom is -0.389 e. The second kappa shape index (κ2) is 3.30. The fraction of sp³-hybridized carbons (Fsp3) is 0.182. The third-order valence-corrected chi connectivity index (χ3v) is 2.57. The molecule has 0 spiro atoms. The average molecular weight is 201 g/mol. The topological polar surface area (TPSA) is 71.1 Å². The molecule has 4 heteroatoms. The van der Waals surface area contributed by atoms with Gasteiger partial charge in [-0.2, -0.15) is 5.26 Å². The van der Waals surface area contributed by atoms with E-state index in [4.69, 9.17) is 15.8 Å². The van der Waals surface area contributed by atoms with E-state index < -0.39 is 5.54 Å². The van der Waals surface area contributed by atoms with Gasteiger partial charge in [-0.15, -0.1) is 5.48 Å². The molecular weight excluding hydrogens is 190 g/mol. The zero-order valence-corrected chi connectivity index (χ0v) is 8.32. The molecule has 0 amide bonds. The molecule has 4 nitrogen and oxygen atoms in total. The van der Waals surface area contributed by atoms with E-state index in [1.54, 1.807) is 0 Å². The molecule has 1 atom stereocenters. The monoisotopic (exact) mass is 201 g/mol. The first-order valence-electron chi connectivity index (χ1n) is 4.58. The lowest BCUT2D eigenvalue weighted by molar-refractivity contribution is 0.0822. The summed E-state index contributed by atoms with van der Waals surface area (Å²) in [5, 5.41) is 9.03. The van der Waals surface area contributed by atoms with Crippen molar-refractivity contribution in [3.8, 4) is 6.07 Å². The second-order valence-corrected chi connectivity index (χ2v) is 3.55. The van der Waals surface area contributed by atoms with Crippen LogP contribution in [0.15, 0.2) is 41.8 Å². The van der Waals surface area contributed by atoms with Crippen molar-refractivity contribution >= 4 is 0 Å². The van der Waals surface area contributed by atoms with E-state index in [1.165, 1.54) is 0 Å². The molecule has 0 fully saturated rings. The van der Waals surface area contributed by atoms with Crippen LogP contribution >= 0.6 is 0 Å². The van der Waals surface area contributed by atoms with Crippen molar-refractivity contribution in [2.24, 2.45) is 5.73 Å². The third-order valence-electron chi connectivity index (χ3n) is 2.57. The number of hydroxylamine groups is 1. The third kappa shape index (κ3) is 1.34. The summed E-state index contributed by atoms with van der Waals surface area (Å²) in [4.78, 5) is 5.01. The van der Waals surface area contributed by atoms with Crippen LogP contribution in [0.1, 0.15) is 12.5 Å². The Morgan fingerprint density at radius 2 is 2.07 bits per heavy atom. The molecule has 0 aliphatic carbocycles. The number of nitriles is 1. The second-order valence-electron chi connectivity index (χ2n) is 3.55. The Kier molecular flexibility index (Phi) is 2.10. The normalized spacial score (nSPS) is 24.8. The summed E-state index contributed by atoms with van der Waals surface area (Å²) < 4.78 is 0. The number of nitrogens with two attached hydrogens (primary N) is 1. The minimum atomic E-state index is -0.653. The molecule has 1 heterocycles. The molecule has 0 saturated heterocycles. The Hall–Kier alpha value is -1.99. The average Bonchev–Trinajstić information content (AvgIpc) is 2.57. The van der Waals surface area contributed by atoms with Gasteiger partial charge in [0.05, 0.1) is 0 Å². The fourth-order valence-corrected chi connectivity index (χ4v) is 1.65. The van der Waals surface area contributed by atoms with E-state index in [0.717, 1.165) is 5.56 Å². The molecule has 76 valence electrons. The Bertz CT molecular complexity index is 447. The lowest BCUT2D eigenvalue weighted by Crippen LogP contribution is -2.35. The van der Waals surface area contributed by atoms with E-state index in [9.17, 15) is 0 Å². The number of hydrogen-bond acceptors (Lipinski definition) is 4. The van der Waals surface area contributed by atoms with E-state index in [1.807, 2.05) is 37.3 Å². The highest BCUT2D eigenvalue weighted by Gasteiger charge is 2.40. The number of rotatable bonds is 1. The number of hydrogen-bond donors (Lipinski definition) is 2. The predicted molar refractivity (Wildman–Crippen MR) is 54.8 cm³/mol. The van der Waals surface area contributed by atoms with Crippen molar-refractivity contribution in [2.75, 3.05) is 0 Å². The van der Waals surface area contributed by atoms with Gasteiger partial charge in [0.2, 0.25) is 5.88 Å². The van der Waals surface area contributed by atoms with Gasteiger partial charge in [-0.05, 0) is 12.5 Å². The zero-order valence-electron chi connectivity index (χ0n) is 8.32. The molecule has 0 aromatic heterocycles. The van der Waals surface area contributed by atoms with Gasteiger partial charge in [0.15, 0.2) is 0 Å². The number of nitrogens with one attached hydrogen (secondary N) is 1. The highest BCUT2D eigenvalue weighted by molar-refractivity contribution is 5.44. The lowest BCUT2D eigenvalue weighted by atomic mass is 9.86. The van der Waals surface area contributed by atoms with Crippen molar-refractivity contribution in [3.05, 3.63) is 47.4 Å². The van der Waals surface area contributed by atoms with Gasteiger partial charge in [-0.25, -0.2) is 0 Å². The zero-order chi connectivity index (χ0) is 10.9. The minimum absolute atomic E-state index is 0.142. The summed E-state index contributed by atoms with van der Waals surface area (Å²) in [5.74, 6) is 0.142. The first-order valence-corrected chi connectivity index (χ1v) is 4.58. The van der Waals surface area contributed by atoms with Crippen molar-refractivity contribution in [3.63, 3.8) is 0 Å². The highest BCUT2D eigenvalue weighted by Crippen LogP contribution is 2.33. The van der Waals surface area contributed by atoms with Gasteiger partial charge in [0, 0.05) is 0 Å². The van der Waals surface area contributed by atoms with Crippen LogP contribution in [0.25, 0.3) is 0 Å². The van der Waals surface area contributed by atoms with Crippen LogP contribution in [-0.2, 0) is 10.4 Å². The largest absolute Gasteiger partial charge is 0.389 e. The van der Waals surface area contributed by atoms with Gasteiger partial charge in [0.1, 0.15) is 17.2 Å². The summed E-state index contributed by atoms with van der Waals surface area (Å²) in [7, 11) is 0. The van der Waals surface area contributed by atoms with E-state index in [2.05, 4.69) is 11.5 Å². The van der Waals surface area contributed by atoms with Crippen molar-refractivity contribution < 1.29 is 4.84 Å². The van der Waals surface area contributed by atoms with Crippen LogP contribution in [0.3, 0.4) is 0 Å². The molecule has 1 aromatic rings. The molecule has 1 aliphatic heterocycles. The molecular formula is C11H11N3O. The molecule has 0 bridgehead atoms. The standard InChI is InChI=1S/C11H11N3O/c1-11(8-5-3-2-4-6-8)9(7-12)10(13)15-14-11/h2-6,14H,13H2,1H3. The van der Waals surface area contributed by atoms with E-state index in [0.29, 0.717) is 5.57 Å². The maximum atomic E-state index is 9.03. The summed E-state index contributed by atoms with van der Waals surface area (Å²) in [6.07, 6.45) is 0. The first-order chi connectivity index (χ1) is 7.18. The molecule has 0 saturated carbocycles. The van der Waals surface area contributed by atoms with E-state index in [-0.39, 0.29) is 5.88 Å². The first kappa shape index (κ1) is 9.56. The lowest BCUT2D eigenvalue weighted by Gasteiger charge is -2.22. The van der Waals surface area contributed by atoms with Crippen LogP contribution < -0.4 is 11.2 Å². The van der Waals surface area contributed by atoms with Crippen LogP contribution in [0.2, 0.25) is 0 Å². The Balaban J connectivity index is 2.51.